The Balaban J connectivity index is 1.76. The fraction of sp³-hybridized carbons (Fsp3) is 0.350. The van der Waals surface area contributed by atoms with Gasteiger partial charge in [-0.15, -0.1) is 0 Å². The molecule has 0 saturated carbocycles. The molecule has 2 nitrogen and oxygen atoms in total. The Kier molecular flexibility index (Phi) is 5.80. The van der Waals surface area contributed by atoms with Gasteiger partial charge in [-0.05, 0) is 58.4 Å². The Morgan fingerprint density at radius 3 is 2.54 bits per heavy atom. The van der Waals surface area contributed by atoms with Crippen molar-refractivity contribution in [1.29, 1.82) is 0 Å². The van der Waals surface area contributed by atoms with Crippen molar-refractivity contribution in [1.82, 2.24) is 4.57 Å². The van der Waals surface area contributed by atoms with E-state index in [4.69, 9.17) is 23.2 Å². The van der Waals surface area contributed by atoms with Crippen molar-refractivity contribution in [3.8, 4) is 0 Å². The molecule has 0 spiro atoms. The summed E-state index contributed by atoms with van der Waals surface area (Å²) in [4.78, 5) is 0. The van der Waals surface area contributed by atoms with E-state index in [-0.39, 0.29) is 0 Å². The Morgan fingerprint density at radius 2 is 1.75 bits per heavy atom. The fourth-order valence-electron chi connectivity index (χ4n) is 3.02. The van der Waals surface area contributed by atoms with Crippen molar-refractivity contribution in [3.63, 3.8) is 0 Å². The highest BCUT2D eigenvalue weighted by Crippen LogP contribution is 2.21. The molecule has 0 saturated heterocycles. The molecule has 2 aromatic carbocycles. The SMILES string of the molecule is CCCCCCn1c[n+](Cc2ccc3ccccc3c2)c(Cl)c1Cl. The van der Waals surface area contributed by atoms with Crippen molar-refractivity contribution in [3.05, 3.63) is 64.7 Å². The predicted octanol–water partition coefficient (Wildman–Crippen LogP) is 5.86. The summed E-state index contributed by atoms with van der Waals surface area (Å²) in [6.45, 7) is 3.87. The van der Waals surface area contributed by atoms with Crippen LogP contribution >= 0.6 is 23.2 Å². The summed E-state index contributed by atoms with van der Waals surface area (Å²) in [5.74, 6) is 0. The maximum Gasteiger partial charge on any atom is 0.255 e. The molecule has 3 aromatic rings. The van der Waals surface area contributed by atoms with Gasteiger partial charge in [-0.2, -0.15) is 0 Å². The standard InChI is InChI=1S/C20H23Cl2N2/c1-2-3-4-7-12-23-15-24(20(22)19(23)21)14-16-10-11-17-8-5-6-9-18(17)13-16/h5-6,8-11,13,15H,2-4,7,12,14H2,1H3/q+1. The molecule has 0 unspecified atom stereocenters. The van der Waals surface area contributed by atoms with Crippen LogP contribution in [0.1, 0.15) is 38.2 Å². The molecule has 1 aromatic heterocycles. The van der Waals surface area contributed by atoms with Gasteiger partial charge in [0.1, 0.15) is 6.54 Å². The lowest BCUT2D eigenvalue weighted by Gasteiger charge is -2.02. The van der Waals surface area contributed by atoms with Gasteiger partial charge in [-0.3, -0.25) is 0 Å². The normalized spacial score (nSPS) is 11.3. The van der Waals surface area contributed by atoms with Gasteiger partial charge in [-0.1, -0.05) is 56.2 Å². The van der Waals surface area contributed by atoms with Gasteiger partial charge in [0.05, 0.1) is 6.54 Å². The van der Waals surface area contributed by atoms with Gasteiger partial charge in [0.25, 0.3) is 10.3 Å². The van der Waals surface area contributed by atoms with E-state index in [2.05, 4.69) is 54.0 Å². The number of aryl methyl sites for hydroxylation is 1. The summed E-state index contributed by atoms with van der Waals surface area (Å²) in [5, 5.41) is 3.75. The first-order chi connectivity index (χ1) is 11.7. The average molecular weight is 362 g/mol. The van der Waals surface area contributed by atoms with Crippen LogP contribution in [0.2, 0.25) is 10.3 Å². The second kappa shape index (κ2) is 8.04. The molecule has 4 heteroatoms. The maximum atomic E-state index is 6.43. The zero-order valence-electron chi connectivity index (χ0n) is 14.0. The van der Waals surface area contributed by atoms with E-state index < -0.39 is 0 Å². The number of fused-ring (bicyclic) bond motifs is 1. The van der Waals surface area contributed by atoms with Crippen molar-refractivity contribution < 1.29 is 4.57 Å². The van der Waals surface area contributed by atoms with E-state index in [9.17, 15) is 0 Å². The second-order valence-corrected chi connectivity index (χ2v) is 6.98. The van der Waals surface area contributed by atoms with Crippen LogP contribution in [-0.2, 0) is 13.1 Å². The summed E-state index contributed by atoms with van der Waals surface area (Å²) in [5.41, 5.74) is 1.22. The van der Waals surface area contributed by atoms with Crippen LogP contribution in [0.5, 0.6) is 0 Å². The largest absolute Gasteiger partial charge is 0.255 e. The number of aromatic nitrogens is 2. The van der Waals surface area contributed by atoms with Gasteiger partial charge >= 0.3 is 0 Å². The zero-order valence-corrected chi connectivity index (χ0v) is 15.5. The first-order valence-electron chi connectivity index (χ1n) is 8.60. The van der Waals surface area contributed by atoms with E-state index >= 15 is 0 Å². The Labute approximate surface area is 153 Å². The summed E-state index contributed by atoms with van der Waals surface area (Å²) in [6.07, 6.45) is 6.90. The van der Waals surface area contributed by atoms with E-state index in [1.807, 2.05) is 10.9 Å². The number of hydrogen-bond acceptors (Lipinski definition) is 0. The van der Waals surface area contributed by atoms with E-state index in [1.165, 1.54) is 35.6 Å². The minimum absolute atomic E-state index is 0.611. The van der Waals surface area contributed by atoms with Crippen LogP contribution in [0, 0.1) is 0 Å². The molecule has 1 heterocycles. The number of nitrogens with zero attached hydrogens (tertiary/aromatic N) is 2. The predicted molar refractivity (Wildman–Crippen MR) is 102 cm³/mol. The van der Waals surface area contributed by atoms with E-state index in [0.29, 0.717) is 10.3 Å². The third-order valence-electron chi connectivity index (χ3n) is 4.37. The Hall–Kier alpha value is -1.51. The molecular formula is C20H23Cl2N2+. The van der Waals surface area contributed by atoms with Crippen LogP contribution in [0.25, 0.3) is 10.8 Å². The van der Waals surface area contributed by atoms with Gasteiger partial charge < -0.3 is 0 Å². The van der Waals surface area contributed by atoms with Crippen LogP contribution in [0.4, 0.5) is 0 Å². The molecule has 0 amide bonds. The zero-order chi connectivity index (χ0) is 16.9. The number of hydrogen-bond donors (Lipinski definition) is 0. The van der Waals surface area contributed by atoms with Crippen molar-refractivity contribution in [2.45, 2.75) is 45.7 Å². The van der Waals surface area contributed by atoms with E-state index in [0.717, 1.165) is 19.5 Å². The first kappa shape index (κ1) is 17.3. The smallest absolute Gasteiger partial charge is 0.219 e. The van der Waals surface area contributed by atoms with Crippen LogP contribution in [-0.4, -0.2) is 4.57 Å². The number of rotatable bonds is 7. The molecule has 0 bridgehead atoms. The number of unbranched alkanes of at least 4 members (excludes halogenated alkanes) is 3. The number of halogens is 2. The monoisotopic (exact) mass is 361 g/mol. The number of imidazole rings is 1. The third-order valence-corrected chi connectivity index (χ3v) is 5.26. The molecular weight excluding hydrogens is 339 g/mol. The maximum absolute atomic E-state index is 6.43. The third kappa shape index (κ3) is 3.93. The first-order valence-corrected chi connectivity index (χ1v) is 9.36. The summed E-state index contributed by atoms with van der Waals surface area (Å²) in [6, 6.07) is 14.9. The molecule has 0 fully saturated rings. The minimum atomic E-state index is 0.611. The van der Waals surface area contributed by atoms with Crippen LogP contribution in [0.15, 0.2) is 48.8 Å². The molecule has 3 rings (SSSR count). The second-order valence-electron chi connectivity index (χ2n) is 6.26. The Morgan fingerprint density at radius 1 is 0.958 bits per heavy atom. The molecule has 0 aliphatic carbocycles. The average Bonchev–Trinajstić information content (AvgIpc) is 2.87. The van der Waals surface area contributed by atoms with E-state index in [1.54, 1.807) is 0 Å². The Bertz CT molecular complexity index is 824. The fourth-order valence-corrected chi connectivity index (χ4v) is 3.46. The molecule has 0 aliphatic rings. The highest BCUT2D eigenvalue weighted by molar-refractivity contribution is 6.39. The number of benzene rings is 2. The molecule has 0 aliphatic heterocycles. The van der Waals surface area contributed by atoms with Crippen LogP contribution in [0.3, 0.4) is 0 Å². The van der Waals surface area contributed by atoms with Gasteiger partial charge in [0, 0.05) is 0 Å². The van der Waals surface area contributed by atoms with Gasteiger partial charge in [0.15, 0.2) is 0 Å². The lowest BCUT2D eigenvalue weighted by Crippen LogP contribution is -2.33. The molecule has 0 atom stereocenters. The van der Waals surface area contributed by atoms with Crippen LogP contribution < -0.4 is 4.57 Å². The van der Waals surface area contributed by atoms with Crippen molar-refractivity contribution in [2.24, 2.45) is 0 Å². The summed E-state index contributed by atoms with van der Waals surface area (Å²) < 4.78 is 4.08. The van der Waals surface area contributed by atoms with Gasteiger partial charge in [0.2, 0.25) is 6.33 Å². The molecule has 0 N–H and O–H groups in total. The van der Waals surface area contributed by atoms with Crippen molar-refractivity contribution >= 4 is 34.0 Å². The quantitative estimate of drug-likeness (QED) is 0.367. The highest BCUT2D eigenvalue weighted by Gasteiger charge is 2.20. The molecule has 126 valence electrons. The summed E-state index contributed by atoms with van der Waals surface area (Å²) in [7, 11) is 0. The molecule has 0 radical (unpaired) electrons. The lowest BCUT2D eigenvalue weighted by atomic mass is 10.1. The lowest BCUT2D eigenvalue weighted by molar-refractivity contribution is -0.685. The minimum Gasteiger partial charge on any atom is -0.219 e. The summed E-state index contributed by atoms with van der Waals surface area (Å²) >= 11 is 12.8. The van der Waals surface area contributed by atoms with Crippen molar-refractivity contribution in [2.75, 3.05) is 0 Å². The van der Waals surface area contributed by atoms with Gasteiger partial charge in [-0.25, -0.2) is 9.13 Å². The molecule has 24 heavy (non-hydrogen) atoms. The topological polar surface area (TPSA) is 8.81 Å². The highest BCUT2D eigenvalue weighted by atomic mass is 35.5.